The Bertz CT molecular complexity index is 4070. The van der Waals surface area contributed by atoms with E-state index in [2.05, 4.69) is 80.0 Å². The largest absolute Gasteiger partial charge is 0.344 e. The molecule has 2 aliphatic carbocycles. The van der Waals surface area contributed by atoms with Gasteiger partial charge in [-0.3, -0.25) is 29.4 Å². The highest BCUT2D eigenvalue weighted by atomic mass is 35.5. The number of imidazole rings is 2. The summed E-state index contributed by atoms with van der Waals surface area (Å²) in [5.74, 6) is -0.274. The molecule has 20 nitrogen and oxygen atoms in total. The molecule has 4 N–H and O–H groups in total. The molecule has 0 radical (unpaired) electrons. The number of aliphatic imine (C=N–C) groups is 1. The Morgan fingerprint density at radius 1 is 0.648 bits per heavy atom. The van der Waals surface area contributed by atoms with Crippen LogP contribution in [0.25, 0.3) is 33.0 Å². The van der Waals surface area contributed by atoms with Crippen LogP contribution in [-0.4, -0.2) is 120 Å². The number of rotatable bonds is 10. The molecule has 2 unspecified atom stereocenters. The zero-order valence-electron chi connectivity index (χ0n) is 48.7. The van der Waals surface area contributed by atoms with Crippen LogP contribution in [0.1, 0.15) is 94.2 Å². The topological polar surface area (TPSA) is 209 Å². The number of nitrogens with zero attached hydrogens (tertiary/aromatic N) is 12. The summed E-state index contributed by atoms with van der Waals surface area (Å²) in [6.45, 7) is 22.8. The van der Waals surface area contributed by atoms with E-state index in [4.69, 9.17) is 46.3 Å². The van der Waals surface area contributed by atoms with Gasteiger partial charge in [-0.15, -0.1) is 0 Å². The molecule has 2 saturated heterocycles. The van der Waals surface area contributed by atoms with Gasteiger partial charge in [0.25, 0.3) is 0 Å². The van der Waals surface area contributed by atoms with Gasteiger partial charge in [-0.1, -0.05) is 71.7 Å². The normalized spacial score (nSPS) is 16.6. The fraction of sp³-hybridized carbons (Fsp3) is 0.242. The smallest absolute Gasteiger partial charge is 0.321 e. The highest BCUT2D eigenvalue weighted by molar-refractivity contribution is 6.31. The minimum atomic E-state index is -0.478. The van der Waals surface area contributed by atoms with Crippen molar-refractivity contribution in [3.05, 3.63) is 236 Å². The molecule has 4 atom stereocenters. The van der Waals surface area contributed by atoms with Crippen LogP contribution in [-0.2, 0) is 28.5 Å². The lowest BCUT2D eigenvalue weighted by atomic mass is 9.89. The molecule has 4 aromatic heterocycles. The van der Waals surface area contributed by atoms with E-state index in [1.54, 1.807) is 91.6 Å². The highest BCUT2D eigenvalue weighted by Gasteiger charge is 2.37. The standard InChI is InChI=1S/C33H31ClN8O2.C25H27ClN6O.C8H4N2O/c1-21(43)38-31(29-19-36-20-40(29)3)28-17-22-5-4-12-37-30(22)32(26-11-6-23(34)18-27(26)28)41-13-15-42(16-14-41)33(44)39-25-9-7-24(35-2)8-10-25;1-16(33)30-24(22-14-28-15-31(22)2)21-12-17-4-3-7-29-23(17)25(32-10-8-27-9-11-32)19-6-5-18(26)13-20(19)21;1-9-7-2-4-8(5-3-7)10-6-11/h4-12,17-20,31-32H,13-16H2,1,3H3,(H,38,43)(H,39,44);3-7,12-15,24-25,27H,8-11H2,1-2H3,(H,30,33);2-5H/t31?,32-;24?,25-;/m00./s1. The van der Waals surface area contributed by atoms with Crippen LogP contribution in [0.5, 0.6) is 0 Å². The average molecular weight is 1210 g/mol. The summed E-state index contributed by atoms with van der Waals surface area (Å²) in [6.07, 6.45) is 16.3. The Hall–Kier alpha value is -9.89. The van der Waals surface area contributed by atoms with Crippen molar-refractivity contribution in [1.82, 2.24) is 59.7 Å². The van der Waals surface area contributed by atoms with Gasteiger partial charge < -0.3 is 35.3 Å². The molecule has 6 heterocycles. The van der Waals surface area contributed by atoms with Crippen molar-refractivity contribution in [1.29, 1.82) is 0 Å². The summed E-state index contributed by atoms with van der Waals surface area (Å²) in [6, 6.07) is 31.9. The number of amides is 4. The maximum Gasteiger partial charge on any atom is 0.321 e. The third-order valence-corrected chi connectivity index (χ3v) is 16.1. The summed E-state index contributed by atoms with van der Waals surface area (Å²) < 4.78 is 3.84. The minimum absolute atomic E-state index is 0.00571. The van der Waals surface area contributed by atoms with E-state index in [-0.39, 0.29) is 36.0 Å². The lowest BCUT2D eigenvalue weighted by Gasteiger charge is -2.39. The van der Waals surface area contributed by atoms with Crippen LogP contribution in [0, 0.1) is 13.1 Å². The van der Waals surface area contributed by atoms with E-state index >= 15 is 0 Å². The molecule has 22 heteroatoms. The Morgan fingerprint density at radius 3 is 1.55 bits per heavy atom. The Balaban J connectivity index is 0.000000170. The van der Waals surface area contributed by atoms with Gasteiger partial charge in [0.1, 0.15) is 0 Å². The van der Waals surface area contributed by atoms with E-state index < -0.39 is 6.04 Å². The molecule has 88 heavy (non-hydrogen) atoms. The van der Waals surface area contributed by atoms with Crippen LogP contribution >= 0.6 is 23.2 Å². The molecule has 12 rings (SSSR count). The van der Waals surface area contributed by atoms with Crippen molar-refractivity contribution in [2.75, 3.05) is 57.7 Å². The van der Waals surface area contributed by atoms with Crippen LogP contribution in [0.15, 0.2) is 152 Å². The minimum Gasteiger partial charge on any atom is -0.344 e. The van der Waals surface area contributed by atoms with Crippen LogP contribution in [0.3, 0.4) is 0 Å². The molecule has 0 saturated carbocycles. The molecule has 4 aliphatic rings. The number of aryl methyl sites for hydroxylation is 2. The van der Waals surface area contributed by atoms with Gasteiger partial charge in [0.2, 0.25) is 17.9 Å². The fourth-order valence-corrected chi connectivity index (χ4v) is 11.9. The molecular weight excluding hydrogens is 1150 g/mol. The number of carbonyl (C=O) groups is 3. The molecular formula is C66H62Cl2N16O4. The number of pyridine rings is 2. The number of hydrogen-bond donors (Lipinski definition) is 4. The number of piperazine rings is 2. The van der Waals surface area contributed by atoms with Crippen molar-refractivity contribution in [3.63, 3.8) is 0 Å². The van der Waals surface area contributed by atoms with Crippen molar-refractivity contribution in [3.8, 4) is 0 Å². The van der Waals surface area contributed by atoms with Gasteiger partial charge in [0.05, 0.1) is 90.8 Å². The summed E-state index contributed by atoms with van der Waals surface area (Å²) >= 11 is 13.2. The molecule has 4 amide bonds. The van der Waals surface area contributed by atoms with Gasteiger partial charge in [-0.25, -0.2) is 29.2 Å². The maximum absolute atomic E-state index is 13.1. The lowest BCUT2D eigenvalue weighted by molar-refractivity contribution is -0.120. The fourth-order valence-electron chi connectivity index (χ4n) is 11.5. The van der Waals surface area contributed by atoms with Gasteiger partial charge in [-0.2, -0.15) is 4.99 Å². The van der Waals surface area contributed by atoms with Gasteiger partial charge in [0, 0.05) is 108 Å². The monoisotopic (exact) mass is 1210 g/mol. The Morgan fingerprint density at radius 2 is 1.11 bits per heavy atom. The van der Waals surface area contributed by atoms with E-state index in [9.17, 15) is 19.2 Å². The van der Waals surface area contributed by atoms with E-state index in [0.717, 1.165) is 93.5 Å². The molecule has 0 spiro atoms. The molecule has 2 aliphatic heterocycles. The van der Waals surface area contributed by atoms with Crippen LogP contribution < -0.4 is 21.3 Å². The lowest BCUT2D eigenvalue weighted by Crippen LogP contribution is -2.51. The second-order valence-corrected chi connectivity index (χ2v) is 22.2. The van der Waals surface area contributed by atoms with Crippen molar-refractivity contribution in [2.24, 2.45) is 19.1 Å². The van der Waals surface area contributed by atoms with Crippen molar-refractivity contribution < 1.29 is 19.2 Å². The first kappa shape index (κ1) is 61.2. The summed E-state index contributed by atoms with van der Waals surface area (Å²) in [5, 5.41) is 13.9. The number of hydrogen-bond acceptors (Lipinski definition) is 12. The number of urea groups is 1. The SMILES string of the molecule is CC(=O)NC(C1=Cc2cccnc2[C@@H](N2CCNCC2)c2ccc(Cl)cc21)c1cncn1C.[C-]#[N+]c1ccc(N=C=O)cc1.[C-]#[N+]c1ccc(NC(=O)N2CCN([C@H]3c4ccc(Cl)cc4C(C(NC(C)=O)c4cncn4C)=Cc4cccnc43)CC2)cc1. The predicted molar refractivity (Wildman–Crippen MR) is 340 cm³/mol. The van der Waals surface area contributed by atoms with Crippen LogP contribution in [0.2, 0.25) is 10.0 Å². The summed E-state index contributed by atoms with van der Waals surface area (Å²) in [5.41, 5.74) is 13.8. The molecule has 8 aromatic rings. The number of nitrogens with one attached hydrogen (secondary N) is 4. The molecule has 0 bridgehead atoms. The van der Waals surface area contributed by atoms with Crippen molar-refractivity contribution in [2.45, 2.75) is 38.0 Å². The Labute approximate surface area is 519 Å². The number of carbonyl (C=O) groups excluding carboxylic acids is 4. The zero-order chi connectivity index (χ0) is 61.8. The third-order valence-electron chi connectivity index (χ3n) is 15.6. The number of halogens is 2. The Kier molecular flexibility index (Phi) is 19.5. The summed E-state index contributed by atoms with van der Waals surface area (Å²) in [4.78, 5) is 82.6. The number of benzene rings is 4. The molecule has 4 aromatic carbocycles. The van der Waals surface area contributed by atoms with Crippen LogP contribution in [0.4, 0.5) is 27.5 Å². The zero-order valence-corrected chi connectivity index (χ0v) is 50.2. The predicted octanol–water partition coefficient (Wildman–Crippen LogP) is 11.1. The van der Waals surface area contributed by atoms with Crippen molar-refractivity contribution >= 4 is 93.2 Å². The third kappa shape index (κ3) is 14.0. The number of isocyanates is 1. The molecule has 444 valence electrons. The van der Waals surface area contributed by atoms with Gasteiger partial charge in [-0.05, 0) is 117 Å². The number of fused-ring (bicyclic) bond motifs is 4. The van der Waals surface area contributed by atoms with E-state index in [1.165, 1.54) is 13.0 Å². The highest BCUT2D eigenvalue weighted by Crippen LogP contribution is 2.46. The first-order valence-corrected chi connectivity index (χ1v) is 29.1. The number of aromatic nitrogens is 6. The maximum atomic E-state index is 13.1. The summed E-state index contributed by atoms with van der Waals surface area (Å²) in [7, 11) is 3.84. The second-order valence-electron chi connectivity index (χ2n) is 21.3. The quantitative estimate of drug-likeness (QED) is 0.0575. The molecule has 2 fully saturated rings. The van der Waals surface area contributed by atoms with E-state index in [0.29, 0.717) is 59.0 Å². The van der Waals surface area contributed by atoms with E-state index in [1.807, 2.05) is 78.0 Å². The van der Waals surface area contributed by atoms with Gasteiger partial charge in [0.15, 0.2) is 11.4 Å². The first-order chi connectivity index (χ1) is 42.7. The second kappa shape index (κ2) is 28.1. The van der Waals surface area contributed by atoms with Gasteiger partial charge >= 0.3 is 6.03 Å². The average Bonchev–Trinajstić information content (AvgIpc) is 1.66. The first-order valence-electron chi connectivity index (χ1n) is 28.4. The number of anilines is 1.